The quantitative estimate of drug-likeness (QED) is 0.867. The van der Waals surface area contributed by atoms with Crippen molar-refractivity contribution in [3.63, 3.8) is 0 Å². The second-order valence-corrected chi connectivity index (χ2v) is 6.96. The molecule has 0 aromatic heterocycles. The minimum absolute atomic E-state index is 0.0997. The second-order valence-electron chi connectivity index (χ2n) is 6.96. The van der Waals surface area contributed by atoms with Gasteiger partial charge in [0.15, 0.2) is 0 Å². The molecule has 2 aromatic carbocycles. The molecule has 0 saturated carbocycles. The number of carbonyl (C=O) groups excluding carboxylic acids is 1. The molecule has 1 heterocycles. The van der Waals surface area contributed by atoms with E-state index in [-0.39, 0.29) is 12.5 Å². The summed E-state index contributed by atoms with van der Waals surface area (Å²) in [6.07, 6.45) is -4.07. The number of hydrogen-bond donors (Lipinski definition) is 1. The molecule has 0 bridgehead atoms. The molecule has 142 valence electrons. The van der Waals surface area contributed by atoms with Gasteiger partial charge in [-0.2, -0.15) is 13.2 Å². The minimum atomic E-state index is -4.43. The van der Waals surface area contributed by atoms with Crippen LogP contribution in [0.2, 0.25) is 0 Å². The molecular weight excluding hydrogens is 359 g/mol. The molecule has 1 unspecified atom stereocenters. The second kappa shape index (κ2) is 6.72. The van der Waals surface area contributed by atoms with Crippen molar-refractivity contribution in [3.8, 4) is 11.1 Å². The van der Waals surface area contributed by atoms with Crippen molar-refractivity contribution in [1.82, 2.24) is 4.90 Å². The Kier molecular flexibility index (Phi) is 4.71. The van der Waals surface area contributed by atoms with Gasteiger partial charge < -0.3 is 10.0 Å². The van der Waals surface area contributed by atoms with E-state index in [0.717, 1.165) is 12.1 Å². The highest BCUT2D eigenvalue weighted by atomic mass is 19.4. The molecule has 1 atom stereocenters. The zero-order chi connectivity index (χ0) is 19.8. The third-order valence-electron chi connectivity index (χ3n) is 4.96. The van der Waals surface area contributed by atoms with Crippen molar-refractivity contribution in [3.05, 3.63) is 59.7 Å². The Morgan fingerprint density at radius 2 is 1.70 bits per heavy atom. The van der Waals surface area contributed by atoms with Gasteiger partial charge in [-0.15, -0.1) is 0 Å². The van der Waals surface area contributed by atoms with Crippen LogP contribution in [0.15, 0.2) is 48.5 Å². The monoisotopic (exact) mass is 377 g/mol. The minimum Gasteiger partial charge on any atom is -0.481 e. The number of carboxylic acids is 1. The van der Waals surface area contributed by atoms with E-state index in [0.29, 0.717) is 29.7 Å². The van der Waals surface area contributed by atoms with E-state index in [4.69, 9.17) is 0 Å². The Bertz CT molecular complexity index is 877. The highest BCUT2D eigenvalue weighted by Gasteiger charge is 2.42. The number of amides is 1. The molecule has 7 heteroatoms. The van der Waals surface area contributed by atoms with E-state index < -0.39 is 23.1 Å². The van der Waals surface area contributed by atoms with Crippen LogP contribution in [-0.2, 0) is 11.0 Å². The summed E-state index contributed by atoms with van der Waals surface area (Å²) in [5.41, 5.74) is -0.398. The molecule has 0 radical (unpaired) electrons. The lowest BCUT2D eigenvalue weighted by Gasteiger charge is -2.21. The third kappa shape index (κ3) is 3.67. The number of likely N-dealkylation sites (tertiary alicyclic amines) is 1. The predicted octanol–water partition coefficient (Wildman–Crippen LogP) is 4.31. The average molecular weight is 377 g/mol. The van der Waals surface area contributed by atoms with Crippen LogP contribution < -0.4 is 0 Å². The molecule has 27 heavy (non-hydrogen) atoms. The molecule has 1 fully saturated rings. The number of nitrogens with zero attached hydrogens (tertiary/aromatic N) is 1. The number of carboxylic acid groups (broad SMARTS) is 1. The maximum absolute atomic E-state index is 12.9. The first kappa shape index (κ1) is 18.9. The number of benzene rings is 2. The molecule has 4 nitrogen and oxygen atoms in total. The molecule has 1 amide bonds. The third-order valence-corrected chi connectivity index (χ3v) is 4.96. The Morgan fingerprint density at radius 3 is 2.26 bits per heavy atom. The fourth-order valence-corrected chi connectivity index (χ4v) is 3.24. The standard InChI is InChI=1S/C20H18F3NO3/c1-19(18(26)27)10-11-24(12-19)17(25)16-5-3-2-4-15(16)13-6-8-14(9-7-13)20(21,22)23/h2-9H,10-12H2,1H3,(H,26,27). The van der Waals surface area contributed by atoms with Gasteiger partial charge in [0, 0.05) is 18.7 Å². The smallest absolute Gasteiger partial charge is 0.416 e. The predicted molar refractivity (Wildman–Crippen MR) is 93.1 cm³/mol. The first-order chi connectivity index (χ1) is 12.6. The summed E-state index contributed by atoms with van der Waals surface area (Å²) in [5.74, 6) is -1.27. The summed E-state index contributed by atoms with van der Waals surface area (Å²) in [6, 6.07) is 11.3. The van der Waals surface area contributed by atoms with Crippen LogP contribution in [0, 0.1) is 5.41 Å². The summed E-state index contributed by atoms with van der Waals surface area (Å²) in [6.45, 7) is 2.02. The highest BCUT2D eigenvalue weighted by molar-refractivity contribution is 6.01. The maximum atomic E-state index is 12.9. The molecule has 1 saturated heterocycles. The van der Waals surface area contributed by atoms with Crippen molar-refractivity contribution in [2.24, 2.45) is 5.41 Å². The zero-order valence-electron chi connectivity index (χ0n) is 14.6. The summed E-state index contributed by atoms with van der Waals surface area (Å²) in [4.78, 5) is 25.8. The number of alkyl halides is 3. The van der Waals surface area contributed by atoms with E-state index in [1.165, 1.54) is 17.0 Å². The number of halogens is 3. The average Bonchev–Trinajstić information content (AvgIpc) is 3.04. The van der Waals surface area contributed by atoms with E-state index in [9.17, 15) is 27.9 Å². The first-order valence-electron chi connectivity index (χ1n) is 8.41. The van der Waals surface area contributed by atoms with Crippen LogP contribution in [0.3, 0.4) is 0 Å². The Balaban J connectivity index is 1.91. The van der Waals surface area contributed by atoms with Crippen molar-refractivity contribution in [2.45, 2.75) is 19.5 Å². The fraction of sp³-hybridized carbons (Fsp3) is 0.300. The topological polar surface area (TPSA) is 57.6 Å². The van der Waals surface area contributed by atoms with Crippen molar-refractivity contribution >= 4 is 11.9 Å². The highest BCUT2D eigenvalue weighted by Crippen LogP contribution is 2.34. The van der Waals surface area contributed by atoms with Crippen molar-refractivity contribution < 1.29 is 27.9 Å². The number of hydrogen-bond acceptors (Lipinski definition) is 2. The number of rotatable bonds is 3. The lowest BCUT2D eigenvalue weighted by molar-refractivity contribution is -0.147. The molecular formula is C20H18F3NO3. The van der Waals surface area contributed by atoms with Gasteiger partial charge in [0.05, 0.1) is 11.0 Å². The lowest BCUT2D eigenvalue weighted by atomic mass is 9.90. The van der Waals surface area contributed by atoms with Gasteiger partial charge in [-0.3, -0.25) is 9.59 Å². The summed E-state index contributed by atoms with van der Waals surface area (Å²) < 4.78 is 38.3. The van der Waals surface area contributed by atoms with Gasteiger partial charge in [-0.1, -0.05) is 30.3 Å². The fourth-order valence-electron chi connectivity index (χ4n) is 3.24. The van der Waals surface area contributed by atoms with Gasteiger partial charge in [-0.05, 0) is 42.7 Å². The SMILES string of the molecule is CC1(C(=O)O)CCN(C(=O)c2ccccc2-c2ccc(C(F)(F)F)cc2)C1. The maximum Gasteiger partial charge on any atom is 0.416 e. The summed E-state index contributed by atoms with van der Waals surface area (Å²) >= 11 is 0. The number of carbonyl (C=O) groups is 2. The van der Waals surface area contributed by atoms with Crippen LogP contribution in [0.4, 0.5) is 13.2 Å². The zero-order valence-corrected chi connectivity index (χ0v) is 14.6. The van der Waals surface area contributed by atoms with Crippen molar-refractivity contribution in [1.29, 1.82) is 0 Å². The van der Waals surface area contributed by atoms with Gasteiger partial charge >= 0.3 is 12.1 Å². The van der Waals surface area contributed by atoms with Crippen LogP contribution in [0.25, 0.3) is 11.1 Å². The number of aliphatic carboxylic acids is 1. The van der Waals surface area contributed by atoms with Crippen LogP contribution in [0.5, 0.6) is 0 Å². The summed E-state index contributed by atoms with van der Waals surface area (Å²) in [7, 11) is 0. The normalized spacial score (nSPS) is 19.9. The Hall–Kier alpha value is -2.83. The van der Waals surface area contributed by atoms with Crippen molar-refractivity contribution in [2.75, 3.05) is 13.1 Å². The first-order valence-corrected chi connectivity index (χ1v) is 8.41. The molecule has 0 aliphatic carbocycles. The van der Waals surface area contributed by atoms with Gasteiger partial charge in [-0.25, -0.2) is 0 Å². The van der Waals surface area contributed by atoms with Gasteiger partial charge in [0.2, 0.25) is 0 Å². The molecule has 1 aliphatic rings. The lowest BCUT2D eigenvalue weighted by Crippen LogP contribution is -2.35. The molecule has 1 N–H and O–H groups in total. The van der Waals surface area contributed by atoms with E-state index >= 15 is 0 Å². The molecule has 1 aliphatic heterocycles. The van der Waals surface area contributed by atoms with Crippen LogP contribution in [0.1, 0.15) is 29.3 Å². The van der Waals surface area contributed by atoms with Gasteiger partial charge in [0.1, 0.15) is 0 Å². The van der Waals surface area contributed by atoms with E-state index in [1.807, 2.05) is 0 Å². The van der Waals surface area contributed by atoms with Crippen LogP contribution >= 0.6 is 0 Å². The largest absolute Gasteiger partial charge is 0.481 e. The Labute approximate surface area is 154 Å². The molecule has 0 spiro atoms. The van der Waals surface area contributed by atoms with Gasteiger partial charge in [0.25, 0.3) is 5.91 Å². The van der Waals surface area contributed by atoms with Crippen LogP contribution in [-0.4, -0.2) is 35.0 Å². The molecule has 2 aromatic rings. The summed E-state index contributed by atoms with van der Waals surface area (Å²) in [5, 5.41) is 9.34. The Morgan fingerprint density at radius 1 is 1.07 bits per heavy atom. The molecule has 3 rings (SSSR count). The van der Waals surface area contributed by atoms with E-state index in [2.05, 4.69) is 0 Å². The van der Waals surface area contributed by atoms with E-state index in [1.54, 1.807) is 31.2 Å².